The van der Waals surface area contributed by atoms with Crippen molar-refractivity contribution in [2.75, 3.05) is 39.1 Å². The summed E-state index contributed by atoms with van der Waals surface area (Å²) in [5, 5.41) is 18.5. The van der Waals surface area contributed by atoms with Crippen molar-refractivity contribution in [3.05, 3.63) is 77.4 Å². The fourth-order valence-electron chi connectivity index (χ4n) is 6.83. The van der Waals surface area contributed by atoms with Crippen molar-refractivity contribution in [3.63, 3.8) is 0 Å². The van der Waals surface area contributed by atoms with Gasteiger partial charge in [0, 0.05) is 57.2 Å². The van der Waals surface area contributed by atoms with Crippen molar-refractivity contribution < 1.29 is 57.3 Å². The largest absolute Gasteiger partial charge is 0.460 e. The Morgan fingerprint density at radius 3 is 2.16 bits per heavy atom. The Balaban J connectivity index is 1.52. The number of anilines is 1. The SMILES string of the molecule is CNC(=O)NCCC[C@H](NC(=O)C(N)C(C)C)C(=O)Nc1ccc(COC(=O)NCc2ccc(C3OC3[C@@H](C)[C@H](C/C=C/C(=O)NCC(=O)NCC(C)(C)C=O)OC(=O)[C@H](CC(C)C)OC)cc2)cc1. The second-order valence-electron chi connectivity index (χ2n) is 18.8. The van der Waals surface area contributed by atoms with E-state index in [0.29, 0.717) is 30.6 Å². The fourth-order valence-corrected chi connectivity index (χ4v) is 6.83. The highest BCUT2D eigenvalue weighted by Crippen LogP contribution is 2.45. The summed E-state index contributed by atoms with van der Waals surface area (Å²) < 4.78 is 22.9. The lowest BCUT2D eigenvalue weighted by Gasteiger charge is -2.25. The van der Waals surface area contributed by atoms with Crippen LogP contribution in [0.25, 0.3) is 0 Å². The van der Waals surface area contributed by atoms with Gasteiger partial charge in [0.15, 0.2) is 6.10 Å². The lowest BCUT2D eigenvalue weighted by Crippen LogP contribution is -2.51. The smallest absolute Gasteiger partial charge is 0.407 e. The molecule has 1 aliphatic heterocycles. The number of aldehydes is 1. The highest BCUT2D eigenvalue weighted by molar-refractivity contribution is 5.98. The number of hydrogen-bond acceptors (Lipinski definition) is 13. The number of methoxy groups -OCH3 is 1. The van der Waals surface area contributed by atoms with Crippen LogP contribution in [-0.4, -0.2) is 112 Å². The topological polar surface area (TPSA) is 287 Å². The van der Waals surface area contributed by atoms with E-state index in [1.54, 1.807) is 44.2 Å². The minimum absolute atomic E-state index is 0.0352. The zero-order chi connectivity index (χ0) is 52.0. The number of carbonyl (C=O) groups is 8. The highest BCUT2D eigenvalue weighted by atomic mass is 16.6. The molecule has 2 aromatic carbocycles. The maximum atomic E-state index is 13.2. The van der Waals surface area contributed by atoms with Crippen LogP contribution in [-0.2, 0) is 60.9 Å². The van der Waals surface area contributed by atoms with Gasteiger partial charge in [-0.15, -0.1) is 0 Å². The van der Waals surface area contributed by atoms with E-state index in [0.717, 1.165) is 17.4 Å². The third kappa shape index (κ3) is 20.7. The molecular weight excluding hydrogens is 905 g/mol. The molecule has 70 heavy (non-hydrogen) atoms. The predicted octanol–water partition coefficient (Wildman–Crippen LogP) is 3.68. The molecule has 0 saturated carbocycles. The maximum Gasteiger partial charge on any atom is 0.407 e. The number of hydrogen-bond donors (Lipinski definition) is 8. The summed E-state index contributed by atoms with van der Waals surface area (Å²) in [7, 11) is 2.95. The fraction of sp³-hybridized carbons (Fsp3) is 0.560. The summed E-state index contributed by atoms with van der Waals surface area (Å²) in [6, 6.07) is 12.2. The van der Waals surface area contributed by atoms with E-state index >= 15 is 0 Å². The van der Waals surface area contributed by atoms with Crippen LogP contribution < -0.4 is 43.0 Å². The predicted molar refractivity (Wildman–Crippen MR) is 262 cm³/mol. The monoisotopic (exact) mass is 979 g/mol. The Morgan fingerprint density at radius 2 is 1.54 bits per heavy atom. The van der Waals surface area contributed by atoms with E-state index in [1.165, 1.54) is 20.2 Å². The molecule has 1 aliphatic rings. The number of nitrogens with two attached hydrogens (primary N) is 1. The number of carbonyl (C=O) groups excluding carboxylic acids is 8. The van der Waals surface area contributed by atoms with E-state index in [9.17, 15) is 38.4 Å². The average molecular weight is 979 g/mol. The first-order valence-corrected chi connectivity index (χ1v) is 23.6. The van der Waals surface area contributed by atoms with Crippen molar-refractivity contribution in [1.82, 2.24) is 31.9 Å². The molecule has 386 valence electrons. The van der Waals surface area contributed by atoms with Crippen molar-refractivity contribution in [1.29, 1.82) is 0 Å². The first-order valence-electron chi connectivity index (χ1n) is 23.6. The van der Waals surface area contributed by atoms with Crippen molar-refractivity contribution >= 4 is 53.7 Å². The molecule has 0 aromatic heterocycles. The number of urea groups is 1. The summed E-state index contributed by atoms with van der Waals surface area (Å²) >= 11 is 0. The number of alkyl carbamates (subject to hydrolysis) is 1. The van der Waals surface area contributed by atoms with Gasteiger partial charge in [-0.1, -0.05) is 90.9 Å². The molecule has 2 aromatic rings. The second-order valence-corrected chi connectivity index (χ2v) is 18.8. The molecule has 7 atom stereocenters. The Morgan fingerprint density at radius 1 is 0.871 bits per heavy atom. The van der Waals surface area contributed by atoms with E-state index in [2.05, 4.69) is 37.2 Å². The van der Waals surface area contributed by atoms with Crippen LogP contribution in [0.1, 0.15) is 96.9 Å². The van der Waals surface area contributed by atoms with Gasteiger partial charge in [0.1, 0.15) is 31.1 Å². The van der Waals surface area contributed by atoms with Crippen LogP contribution in [0.4, 0.5) is 15.3 Å². The molecule has 7 amide bonds. The second kappa shape index (κ2) is 29.0. The van der Waals surface area contributed by atoms with Gasteiger partial charge in [0.05, 0.1) is 18.7 Å². The Labute approximate surface area is 411 Å². The van der Waals surface area contributed by atoms with Crippen LogP contribution in [0.3, 0.4) is 0 Å². The Hall–Kier alpha value is -6.38. The zero-order valence-corrected chi connectivity index (χ0v) is 41.9. The first kappa shape index (κ1) is 57.9. The Bertz CT molecular complexity index is 2080. The Kier molecular flexibility index (Phi) is 24.0. The number of benzene rings is 2. The number of rotatable bonds is 29. The lowest BCUT2D eigenvalue weighted by atomic mass is 9.93. The van der Waals surface area contributed by atoms with Crippen molar-refractivity contribution in [3.8, 4) is 0 Å². The molecule has 3 rings (SSSR count). The van der Waals surface area contributed by atoms with E-state index in [1.807, 2.05) is 58.9 Å². The molecular formula is C50H74N8O12. The van der Waals surface area contributed by atoms with Crippen LogP contribution in [0.15, 0.2) is 60.7 Å². The summed E-state index contributed by atoms with van der Waals surface area (Å²) in [5.74, 6) is -2.63. The van der Waals surface area contributed by atoms with Crippen LogP contribution in [0.5, 0.6) is 0 Å². The van der Waals surface area contributed by atoms with Crippen molar-refractivity contribution in [2.24, 2.45) is 28.9 Å². The quantitative estimate of drug-likeness (QED) is 0.0190. The van der Waals surface area contributed by atoms with E-state index < -0.39 is 65.4 Å². The molecule has 3 unspecified atom stereocenters. The number of epoxide rings is 1. The van der Waals surface area contributed by atoms with Gasteiger partial charge < -0.3 is 66.7 Å². The normalized spacial score (nSPS) is 16.5. The maximum absolute atomic E-state index is 13.2. The lowest BCUT2D eigenvalue weighted by molar-refractivity contribution is -0.164. The molecule has 20 heteroatoms. The third-order valence-electron chi connectivity index (χ3n) is 11.4. The highest BCUT2D eigenvalue weighted by Gasteiger charge is 2.47. The minimum atomic E-state index is -0.900. The van der Waals surface area contributed by atoms with Crippen LogP contribution in [0.2, 0.25) is 0 Å². The number of nitrogens with one attached hydrogen (secondary N) is 7. The molecule has 0 radical (unpaired) electrons. The van der Waals surface area contributed by atoms with Crippen molar-refractivity contribution in [2.45, 2.75) is 124 Å². The number of ether oxygens (including phenoxy) is 4. The molecule has 1 saturated heterocycles. The summed E-state index contributed by atoms with van der Waals surface area (Å²) in [6.07, 6.45) is 2.26. The van der Waals surface area contributed by atoms with Gasteiger partial charge in [-0.2, -0.15) is 0 Å². The van der Waals surface area contributed by atoms with E-state index in [4.69, 9.17) is 24.7 Å². The molecule has 1 fully saturated rings. The van der Waals surface area contributed by atoms with Gasteiger partial charge >= 0.3 is 18.1 Å². The molecule has 0 bridgehead atoms. The zero-order valence-electron chi connectivity index (χ0n) is 41.9. The van der Waals surface area contributed by atoms with Gasteiger partial charge in [0.25, 0.3) is 0 Å². The van der Waals surface area contributed by atoms with E-state index in [-0.39, 0.29) is 75.1 Å². The van der Waals surface area contributed by atoms with Gasteiger partial charge in [-0.05, 0) is 66.0 Å². The summed E-state index contributed by atoms with van der Waals surface area (Å²) in [5.41, 5.74) is 8.10. The molecule has 1 heterocycles. The number of esters is 1. The standard InChI is InChI=1S/C50H74N8O12/c1-30(2)24-39(67-9)47(64)69-38(13-10-14-40(60)54-26-41(61)56-28-50(6,7)29-59)32(5)43-44(70-43)35-19-15-33(16-20-35)25-55-49(66)68-27-34-17-21-36(22-18-34)57-45(62)37(12-11-23-53-48(65)52-8)58-46(63)42(51)31(3)4/h10,14-22,29-32,37-39,42-44H,11-13,23-28,51H2,1-9H3,(H,54,60)(H,55,66)(H,56,61)(H,57,62)(H,58,63)(H2,52,53,65)/b14-10+/t32-,37-,38-,39-,42?,43?,44?/m0/s1. The molecule has 9 N–H and O–H groups in total. The van der Waals surface area contributed by atoms with Gasteiger partial charge in [-0.3, -0.25) is 19.2 Å². The molecule has 20 nitrogen and oxygen atoms in total. The summed E-state index contributed by atoms with van der Waals surface area (Å²) in [6.45, 7) is 13.1. The molecule has 0 spiro atoms. The number of amides is 7. The van der Waals surface area contributed by atoms with Gasteiger partial charge in [0.2, 0.25) is 23.6 Å². The van der Waals surface area contributed by atoms with Crippen LogP contribution >= 0.6 is 0 Å². The molecule has 0 aliphatic carbocycles. The van der Waals surface area contributed by atoms with Crippen LogP contribution in [0, 0.1) is 23.2 Å². The van der Waals surface area contributed by atoms with Gasteiger partial charge in [-0.25, -0.2) is 14.4 Å². The minimum Gasteiger partial charge on any atom is -0.460 e. The first-order chi connectivity index (χ1) is 33.2. The summed E-state index contributed by atoms with van der Waals surface area (Å²) in [4.78, 5) is 99.2. The third-order valence-corrected chi connectivity index (χ3v) is 11.4. The average Bonchev–Trinajstić information content (AvgIpc) is 4.14.